The summed E-state index contributed by atoms with van der Waals surface area (Å²) < 4.78 is 2.04. The number of hydrogen-bond acceptors (Lipinski definition) is 3. The van der Waals surface area contributed by atoms with E-state index in [0.29, 0.717) is 6.42 Å². The lowest BCUT2D eigenvalue weighted by Gasteiger charge is -2.35. The Hall–Kier alpha value is -0.870. The first-order chi connectivity index (χ1) is 8.68. The summed E-state index contributed by atoms with van der Waals surface area (Å²) in [4.78, 5) is 5.60. The highest BCUT2D eigenvalue weighted by molar-refractivity contribution is 7.15. The Bertz CT molecular complexity index is 494. The topological polar surface area (TPSA) is 37.5 Å². The number of nitrogens with zero attached hydrogens (tertiary/aromatic N) is 2. The fraction of sp³-hybridized carbons (Fsp3) is 0.643. The van der Waals surface area contributed by atoms with E-state index in [1.807, 2.05) is 16.0 Å². The smallest absolute Gasteiger partial charge is 0.193 e. The monoisotopic (exact) mass is 264 g/mol. The summed E-state index contributed by atoms with van der Waals surface area (Å²) in [6, 6.07) is 0. The quantitative estimate of drug-likeness (QED) is 0.924. The number of imidazole rings is 1. The molecule has 18 heavy (non-hydrogen) atoms. The van der Waals surface area contributed by atoms with Crippen LogP contribution in [0.3, 0.4) is 0 Å². The molecule has 1 aliphatic carbocycles. The van der Waals surface area contributed by atoms with Crippen molar-refractivity contribution in [2.24, 2.45) is 5.92 Å². The highest BCUT2D eigenvalue weighted by atomic mass is 32.1. The summed E-state index contributed by atoms with van der Waals surface area (Å²) in [7, 11) is 0. The molecule has 0 bridgehead atoms. The minimum Gasteiger partial charge on any atom is -0.389 e. The summed E-state index contributed by atoms with van der Waals surface area (Å²) in [6.45, 7) is 2.25. The first-order valence-electron chi connectivity index (χ1n) is 6.82. The molecule has 1 N–H and O–H groups in total. The molecule has 0 aliphatic heterocycles. The van der Waals surface area contributed by atoms with Gasteiger partial charge in [0.05, 0.1) is 11.3 Å². The summed E-state index contributed by atoms with van der Waals surface area (Å²) in [5.41, 5.74) is 0.509. The van der Waals surface area contributed by atoms with Gasteiger partial charge in [-0.15, -0.1) is 11.3 Å². The zero-order chi connectivity index (χ0) is 12.6. The van der Waals surface area contributed by atoms with Crippen LogP contribution in [0.1, 0.15) is 44.7 Å². The minimum absolute atomic E-state index is 0.518. The predicted molar refractivity (Wildman–Crippen MR) is 74.0 cm³/mol. The highest BCUT2D eigenvalue weighted by Crippen LogP contribution is 2.35. The molecule has 98 valence electrons. The van der Waals surface area contributed by atoms with Gasteiger partial charge in [0.1, 0.15) is 0 Å². The molecular formula is C14H20N2OS. The van der Waals surface area contributed by atoms with E-state index in [2.05, 4.69) is 18.1 Å². The van der Waals surface area contributed by atoms with E-state index in [4.69, 9.17) is 0 Å². The van der Waals surface area contributed by atoms with Gasteiger partial charge in [0.2, 0.25) is 0 Å². The average Bonchev–Trinajstić information content (AvgIpc) is 2.90. The van der Waals surface area contributed by atoms with Crippen LogP contribution >= 0.6 is 11.3 Å². The second-order valence-corrected chi connectivity index (χ2v) is 6.45. The van der Waals surface area contributed by atoms with Crippen molar-refractivity contribution in [3.8, 4) is 0 Å². The van der Waals surface area contributed by atoms with E-state index >= 15 is 0 Å². The van der Waals surface area contributed by atoms with Crippen molar-refractivity contribution in [3.63, 3.8) is 0 Å². The minimum atomic E-state index is -0.518. The van der Waals surface area contributed by atoms with Crippen LogP contribution in [-0.4, -0.2) is 20.1 Å². The molecule has 0 atom stereocenters. The summed E-state index contributed by atoms with van der Waals surface area (Å²) in [6.07, 6.45) is 10.2. The number of thiazole rings is 1. The van der Waals surface area contributed by atoms with Gasteiger partial charge in [-0.2, -0.15) is 0 Å². The van der Waals surface area contributed by atoms with Crippen LogP contribution in [0.15, 0.2) is 17.8 Å². The second kappa shape index (κ2) is 4.67. The Morgan fingerprint density at radius 2 is 2.28 bits per heavy atom. The lowest BCUT2D eigenvalue weighted by molar-refractivity contribution is -0.00988. The van der Waals surface area contributed by atoms with Gasteiger partial charge in [-0.25, -0.2) is 4.98 Å². The normalized spacial score (nSPS) is 28.9. The Morgan fingerprint density at radius 3 is 2.94 bits per heavy atom. The molecular weight excluding hydrogens is 244 g/mol. The van der Waals surface area contributed by atoms with Gasteiger partial charge >= 0.3 is 0 Å². The molecule has 1 aliphatic rings. The summed E-state index contributed by atoms with van der Waals surface area (Å²) in [5, 5.41) is 12.7. The molecule has 4 heteroatoms. The maximum Gasteiger partial charge on any atom is 0.193 e. The first kappa shape index (κ1) is 12.2. The fourth-order valence-corrected chi connectivity index (χ4v) is 3.72. The van der Waals surface area contributed by atoms with Crippen molar-refractivity contribution < 1.29 is 5.11 Å². The van der Waals surface area contributed by atoms with Crippen LogP contribution in [0.25, 0.3) is 4.96 Å². The Morgan fingerprint density at radius 1 is 1.50 bits per heavy atom. The predicted octanol–water partition coefficient (Wildman–Crippen LogP) is 3.27. The molecule has 0 amide bonds. The molecule has 1 fully saturated rings. The summed E-state index contributed by atoms with van der Waals surface area (Å²) in [5.74, 6) is 0.816. The number of hydrogen-bond donors (Lipinski definition) is 1. The van der Waals surface area contributed by atoms with Gasteiger partial charge in [0, 0.05) is 24.2 Å². The SMILES string of the molecule is CCC1CCC(O)(Cc2cn3ccsc3n2)CC1. The zero-order valence-electron chi connectivity index (χ0n) is 10.8. The van der Waals surface area contributed by atoms with Crippen LogP contribution in [0.2, 0.25) is 0 Å². The lowest BCUT2D eigenvalue weighted by atomic mass is 9.76. The average molecular weight is 264 g/mol. The number of rotatable bonds is 3. The molecule has 0 unspecified atom stereocenters. The Kier molecular flexibility index (Phi) is 3.16. The van der Waals surface area contributed by atoms with Gasteiger partial charge < -0.3 is 5.11 Å². The molecule has 3 nitrogen and oxygen atoms in total. The van der Waals surface area contributed by atoms with Crippen molar-refractivity contribution in [1.82, 2.24) is 9.38 Å². The van der Waals surface area contributed by atoms with Crippen LogP contribution in [-0.2, 0) is 6.42 Å². The molecule has 0 saturated heterocycles. The van der Waals surface area contributed by atoms with Crippen LogP contribution in [0.4, 0.5) is 0 Å². The van der Waals surface area contributed by atoms with E-state index in [0.717, 1.165) is 42.3 Å². The largest absolute Gasteiger partial charge is 0.389 e. The number of fused-ring (bicyclic) bond motifs is 1. The first-order valence-corrected chi connectivity index (χ1v) is 7.70. The third-order valence-electron chi connectivity index (χ3n) is 4.27. The summed E-state index contributed by atoms with van der Waals surface area (Å²) >= 11 is 1.64. The van der Waals surface area contributed by atoms with Crippen LogP contribution in [0, 0.1) is 5.92 Å². The van der Waals surface area contributed by atoms with Crippen LogP contribution in [0.5, 0.6) is 0 Å². The van der Waals surface area contributed by atoms with Crippen molar-refractivity contribution in [2.75, 3.05) is 0 Å². The van der Waals surface area contributed by atoms with E-state index in [1.54, 1.807) is 11.3 Å². The van der Waals surface area contributed by atoms with Crippen molar-refractivity contribution in [1.29, 1.82) is 0 Å². The molecule has 3 rings (SSSR count). The van der Waals surface area contributed by atoms with E-state index in [-0.39, 0.29) is 0 Å². The van der Waals surface area contributed by atoms with Gasteiger partial charge in [-0.1, -0.05) is 13.3 Å². The van der Waals surface area contributed by atoms with Crippen LogP contribution < -0.4 is 0 Å². The van der Waals surface area contributed by atoms with E-state index in [9.17, 15) is 5.11 Å². The number of aliphatic hydroxyl groups is 1. The lowest BCUT2D eigenvalue weighted by Crippen LogP contribution is -2.36. The molecule has 2 aromatic heterocycles. The molecule has 1 saturated carbocycles. The number of aromatic nitrogens is 2. The third kappa shape index (κ3) is 2.31. The Labute approximate surface area is 111 Å². The molecule has 0 spiro atoms. The maximum absolute atomic E-state index is 10.7. The van der Waals surface area contributed by atoms with Crippen molar-refractivity contribution >= 4 is 16.3 Å². The van der Waals surface area contributed by atoms with Gasteiger partial charge in [-0.3, -0.25) is 4.40 Å². The second-order valence-electron chi connectivity index (χ2n) is 5.58. The zero-order valence-corrected chi connectivity index (χ0v) is 11.6. The molecule has 2 heterocycles. The van der Waals surface area contributed by atoms with Gasteiger partial charge in [0.25, 0.3) is 0 Å². The molecule has 0 aromatic carbocycles. The van der Waals surface area contributed by atoms with Crippen molar-refractivity contribution in [3.05, 3.63) is 23.5 Å². The van der Waals surface area contributed by atoms with E-state index < -0.39 is 5.60 Å². The Balaban J connectivity index is 1.70. The maximum atomic E-state index is 10.7. The standard InChI is InChI=1S/C14H20N2OS/c1-2-11-3-5-14(17,6-4-11)9-12-10-16-7-8-18-13(16)15-12/h7-8,10-11,17H,2-6,9H2,1H3. The van der Waals surface area contributed by atoms with Gasteiger partial charge in [0.15, 0.2) is 4.96 Å². The fourth-order valence-electron chi connectivity index (χ4n) is 3.00. The van der Waals surface area contributed by atoms with Gasteiger partial charge in [-0.05, 0) is 31.6 Å². The van der Waals surface area contributed by atoms with E-state index in [1.165, 1.54) is 6.42 Å². The highest BCUT2D eigenvalue weighted by Gasteiger charge is 2.33. The molecule has 2 aromatic rings. The third-order valence-corrected chi connectivity index (χ3v) is 5.04. The van der Waals surface area contributed by atoms with Crippen molar-refractivity contribution in [2.45, 2.75) is 51.0 Å². The molecule has 0 radical (unpaired) electrons.